The lowest BCUT2D eigenvalue weighted by atomic mass is 9.74. The summed E-state index contributed by atoms with van der Waals surface area (Å²) in [5, 5.41) is 0. The third kappa shape index (κ3) is 2.87. The van der Waals surface area contributed by atoms with Crippen LogP contribution in [0, 0.1) is 5.92 Å². The van der Waals surface area contributed by atoms with Gasteiger partial charge < -0.3 is 9.15 Å². The van der Waals surface area contributed by atoms with Gasteiger partial charge in [-0.25, -0.2) is 0 Å². The predicted molar refractivity (Wildman–Crippen MR) is 85.2 cm³/mol. The van der Waals surface area contributed by atoms with Crippen molar-refractivity contribution in [3.05, 3.63) is 35.4 Å². The minimum atomic E-state index is -0.589. The number of ketones is 1. The number of Topliss-reactive ketones (excluding diaryl/α,β-unsaturated/α-hetero) is 1. The second-order valence-corrected chi connectivity index (χ2v) is 6.03. The fraction of sp³-hybridized carbons (Fsp3) is 0.500. The van der Waals surface area contributed by atoms with Crippen LogP contribution < -0.4 is 0 Å². The number of nitrogens with zero attached hydrogens (tertiary/aromatic N) is 1. The first-order valence-electron chi connectivity index (χ1n) is 8.15. The Bertz CT molecular complexity index is 669. The Balaban J connectivity index is 2.05. The van der Waals surface area contributed by atoms with E-state index in [0.717, 1.165) is 25.0 Å². The van der Waals surface area contributed by atoms with Gasteiger partial charge in [0.05, 0.1) is 18.8 Å². The highest BCUT2D eigenvalue weighted by atomic mass is 16.5. The van der Waals surface area contributed by atoms with Gasteiger partial charge in [0.15, 0.2) is 5.78 Å². The molecule has 1 aromatic heterocycles. The topological polar surface area (TPSA) is 68.9 Å². The molecule has 122 valence electrons. The Kier molecular flexibility index (Phi) is 4.46. The third-order valence-electron chi connectivity index (χ3n) is 4.39. The monoisotopic (exact) mass is 315 g/mol. The van der Waals surface area contributed by atoms with Crippen LogP contribution in [0.2, 0.25) is 0 Å². The summed E-state index contributed by atoms with van der Waals surface area (Å²) in [6.45, 7) is 4.15. The van der Waals surface area contributed by atoms with Crippen molar-refractivity contribution in [1.29, 1.82) is 0 Å². The zero-order valence-corrected chi connectivity index (χ0v) is 13.5. The molecule has 2 aliphatic rings. The highest BCUT2D eigenvalue weighted by Crippen LogP contribution is 2.43. The third-order valence-corrected chi connectivity index (χ3v) is 4.39. The molecule has 0 saturated carbocycles. The molecule has 1 aromatic rings. The second-order valence-electron chi connectivity index (χ2n) is 6.03. The fourth-order valence-electron chi connectivity index (χ4n) is 3.38. The molecule has 0 fully saturated rings. The number of esters is 1. The smallest absolute Gasteiger partial charge is 0.315 e. The number of carbonyl (C=O) groups is 2. The van der Waals surface area contributed by atoms with Crippen LogP contribution in [0.4, 0.5) is 0 Å². The van der Waals surface area contributed by atoms with E-state index in [0.29, 0.717) is 30.1 Å². The van der Waals surface area contributed by atoms with Gasteiger partial charge in [0, 0.05) is 23.4 Å². The lowest BCUT2D eigenvalue weighted by Crippen LogP contribution is -2.37. The first-order chi connectivity index (χ1) is 11.1. The highest BCUT2D eigenvalue weighted by Gasteiger charge is 2.44. The maximum Gasteiger partial charge on any atom is 0.315 e. The van der Waals surface area contributed by atoms with Crippen LogP contribution in [-0.2, 0) is 14.3 Å². The van der Waals surface area contributed by atoms with Crippen LogP contribution in [0.5, 0.6) is 0 Å². The minimum Gasteiger partial charge on any atom is -0.469 e. The zero-order valence-electron chi connectivity index (χ0n) is 13.5. The quantitative estimate of drug-likeness (QED) is 0.798. The van der Waals surface area contributed by atoms with Gasteiger partial charge in [-0.1, -0.05) is 6.92 Å². The Morgan fingerprint density at radius 1 is 1.43 bits per heavy atom. The van der Waals surface area contributed by atoms with Crippen molar-refractivity contribution in [3.8, 4) is 0 Å². The molecule has 0 N–H and O–H groups in total. The highest BCUT2D eigenvalue weighted by molar-refractivity contribution is 6.08. The number of hydrogen-bond acceptors (Lipinski definition) is 5. The van der Waals surface area contributed by atoms with Gasteiger partial charge in [0.1, 0.15) is 11.7 Å². The summed E-state index contributed by atoms with van der Waals surface area (Å²) < 4.78 is 10.9. The van der Waals surface area contributed by atoms with Crippen molar-refractivity contribution in [2.75, 3.05) is 6.61 Å². The molecule has 0 amide bonds. The van der Waals surface area contributed by atoms with E-state index in [1.807, 2.05) is 19.9 Å². The van der Waals surface area contributed by atoms with Crippen LogP contribution in [0.1, 0.15) is 51.2 Å². The van der Waals surface area contributed by atoms with E-state index >= 15 is 0 Å². The zero-order chi connectivity index (χ0) is 16.4. The van der Waals surface area contributed by atoms with Gasteiger partial charge in [0.25, 0.3) is 0 Å². The fourth-order valence-corrected chi connectivity index (χ4v) is 3.38. The molecule has 23 heavy (non-hydrogen) atoms. The van der Waals surface area contributed by atoms with Gasteiger partial charge in [-0.15, -0.1) is 0 Å². The molecule has 5 heteroatoms. The molecule has 0 saturated heterocycles. The number of hydrogen-bond donors (Lipinski definition) is 0. The van der Waals surface area contributed by atoms with Gasteiger partial charge in [-0.3, -0.25) is 14.6 Å². The van der Waals surface area contributed by atoms with Crippen molar-refractivity contribution < 1.29 is 18.7 Å². The van der Waals surface area contributed by atoms with Crippen LogP contribution >= 0.6 is 0 Å². The van der Waals surface area contributed by atoms with E-state index in [-0.39, 0.29) is 11.8 Å². The average molecular weight is 315 g/mol. The van der Waals surface area contributed by atoms with Crippen LogP contribution in [-0.4, -0.2) is 24.1 Å². The number of ether oxygens (including phenoxy) is 1. The first kappa shape index (κ1) is 15.7. The summed E-state index contributed by atoms with van der Waals surface area (Å²) in [5.41, 5.74) is 2.14. The summed E-state index contributed by atoms with van der Waals surface area (Å²) in [5.74, 6) is -0.653. The number of furan rings is 1. The second kappa shape index (κ2) is 6.52. The van der Waals surface area contributed by atoms with E-state index in [4.69, 9.17) is 9.15 Å². The van der Waals surface area contributed by atoms with E-state index < -0.39 is 11.8 Å². The molecule has 2 atom stereocenters. The molecule has 0 aromatic carbocycles. The molecule has 0 radical (unpaired) electrons. The lowest BCUT2D eigenvalue weighted by Gasteiger charge is -2.32. The number of aliphatic imine (C=N–C) groups is 1. The molecule has 0 bridgehead atoms. The molecule has 1 unspecified atom stereocenters. The molecular formula is C18H21NO4. The van der Waals surface area contributed by atoms with Crippen molar-refractivity contribution >= 4 is 17.5 Å². The van der Waals surface area contributed by atoms with E-state index in [2.05, 4.69) is 4.99 Å². The minimum absolute atomic E-state index is 0.0668. The molecule has 3 rings (SSSR count). The molecule has 0 spiro atoms. The Hall–Kier alpha value is -2.17. The maximum absolute atomic E-state index is 12.6. The van der Waals surface area contributed by atoms with Crippen LogP contribution in [0.3, 0.4) is 0 Å². The lowest BCUT2D eigenvalue weighted by molar-refractivity contribution is -0.146. The van der Waals surface area contributed by atoms with Crippen molar-refractivity contribution in [3.63, 3.8) is 0 Å². The van der Waals surface area contributed by atoms with E-state index in [9.17, 15) is 9.59 Å². The largest absolute Gasteiger partial charge is 0.469 e. The van der Waals surface area contributed by atoms with Crippen molar-refractivity contribution in [2.24, 2.45) is 10.9 Å². The van der Waals surface area contributed by atoms with Gasteiger partial charge in [-0.2, -0.15) is 0 Å². The molecule has 1 aliphatic heterocycles. The normalized spacial score (nSPS) is 24.3. The summed E-state index contributed by atoms with van der Waals surface area (Å²) >= 11 is 0. The van der Waals surface area contributed by atoms with Gasteiger partial charge in [-0.05, 0) is 38.3 Å². The Labute approximate surface area is 135 Å². The molecule has 2 heterocycles. The van der Waals surface area contributed by atoms with Crippen molar-refractivity contribution in [2.45, 2.75) is 45.4 Å². The summed E-state index contributed by atoms with van der Waals surface area (Å²) in [6.07, 6.45) is 4.41. The summed E-state index contributed by atoms with van der Waals surface area (Å²) in [6, 6.07) is 3.59. The first-order valence-corrected chi connectivity index (χ1v) is 8.15. The SMILES string of the molecule is CCCOC(=O)C1C(C)=NC2=C(C(=O)CCC2)[C@H]1c1ccco1. The van der Waals surface area contributed by atoms with Crippen LogP contribution in [0.25, 0.3) is 0 Å². The number of carbonyl (C=O) groups excluding carboxylic acids is 2. The molecular weight excluding hydrogens is 294 g/mol. The van der Waals surface area contributed by atoms with Crippen molar-refractivity contribution in [1.82, 2.24) is 0 Å². The number of allylic oxidation sites excluding steroid dienone is 2. The maximum atomic E-state index is 12.6. The Morgan fingerprint density at radius 2 is 2.26 bits per heavy atom. The Morgan fingerprint density at radius 3 is 2.96 bits per heavy atom. The summed E-state index contributed by atoms with van der Waals surface area (Å²) in [7, 11) is 0. The average Bonchev–Trinajstić information content (AvgIpc) is 3.05. The van der Waals surface area contributed by atoms with Gasteiger partial charge >= 0.3 is 5.97 Å². The standard InChI is InChI=1S/C18H21NO4/c1-3-9-23-18(21)15-11(2)19-12-6-4-7-13(20)16(12)17(15)14-8-5-10-22-14/h5,8,10,15,17H,3-4,6-7,9H2,1-2H3/t15?,17-/m0/s1. The summed E-state index contributed by atoms with van der Waals surface area (Å²) in [4.78, 5) is 29.6. The molecule has 1 aliphatic carbocycles. The van der Waals surface area contributed by atoms with Crippen LogP contribution in [0.15, 0.2) is 39.1 Å². The van der Waals surface area contributed by atoms with E-state index in [1.165, 1.54) is 0 Å². The van der Waals surface area contributed by atoms with E-state index in [1.54, 1.807) is 12.3 Å². The number of rotatable bonds is 4. The molecule has 5 nitrogen and oxygen atoms in total. The predicted octanol–water partition coefficient (Wildman–Crippen LogP) is 3.41. The van der Waals surface area contributed by atoms with Gasteiger partial charge in [0.2, 0.25) is 0 Å².